The van der Waals surface area contributed by atoms with E-state index in [0.717, 1.165) is 22.9 Å². The maximum atomic E-state index is 13.0. The Bertz CT molecular complexity index is 1040. The third-order valence-electron chi connectivity index (χ3n) is 5.75. The molecular formula is C25H26N2O2. The molecule has 0 bridgehead atoms. The smallest absolute Gasteiger partial charge is 0.254 e. The van der Waals surface area contributed by atoms with Gasteiger partial charge in [0.25, 0.3) is 5.91 Å². The van der Waals surface area contributed by atoms with E-state index in [9.17, 15) is 9.59 Å². The molecule has 148 valence electrons. The van der Waals surface area contributed by atoms with Crippen LogP contribution in [-0.2, 0) is 4.79 Å². The standard InChI is InChI=1S/C25H26N2O2/c1-17-9-11-20(12-10-17)25(29)27-15-5-8-23(27)24(28)26-18(2)21-14-13-19-6-3-4-7-22(19)16-21/h3-4,6-7,9-14,16,18,23H,5,8,15H2,1-2H3,(H,26,28)/t18-,23+/m0/s1. The number of hydrogen-bond donors (Lipinski definition) is 1. The van der Waals surface area contributed by atoms with Crippen LogP contribution in [0.5, 0.6) is 0 Å². The van der Waals surface area contributed by atoms with Crippen LogP contribution in [0, 0.1) is 6.92 Å². The SMILES string of the molecule is Cc1ccc(C(=O)N2CCC[C@@H]2C(=O)N[C@@H](C)c2ccc3ccccc3c2)cc1. The summed E-state index contributed by atoms with van der Waals surface area (Å²) in [4.78, 5) is 27.6. The largest absolute Gasteiger partial charge is 0.348 e. The first kappa shape index (κ1) is 19.2. The van der Waals surface area contributed by atoms with Gasteiger partial charge >= 0.3 is 0 Å². The predicted octanol–water partition coefficient (Wildman–Crippen LogP) is 4.63. The van der Waals surface area contributed by atoms with E-state index >= 15 is 0 Å². The maximum absolute atomic E-state index is 13.0. The minimum Gasteiger partial charge on any atom is -0.348 e. The van der Waals surface area contributed by atoms with Gasteiger partial charge in [-0.3, -0.25) is 9.59 Å². The number of carbonyl (C=O) groups is 2. The topological polar surface area (TPSA) is 49.4 Å². The van der Waals surface area contributed by atoms with E-state index in [1.54, 1.807) is 4.90 Å². The van der Waals surface area contributed by atoms with Crippen molar-refractivity contribution < 1.29 is 9.59 Å². The first-order valence-corrected chi connectivity index (χ1v) is 10.2. The summed E-state index contributed by atoms with van der Waals surface area (Å²) in [5.74, 6) is -0.148. The van der Waals surface area contributed by atoms with Gasteiger partial charge in [-0.2, -0.15) is 0 Å². The van der Waals surface area contributed by atoms with Crippen LogP contribution in [0.3, 0.4) is 0 Å². The zero-order valence-electron chi connectivity index (χ0n) is 16.9. The van der Waals surface area contributed by atoms with Gasteiger partial charge in [0, 0.05) is 12.1 Å². The molecule has 0 spiro atoms. The lowest BCUT2D eigenvalue weighted by Crippen LogP contribution is -2.46. The van der Waals surface area contributed by atoms with Crippen molar-refractivity contribution in [2.24, 2.45) is 0 Å². The Morgan fingerprint density at radius 2 is 1.72 bits per heavy atom. The molecule has 0 aliphatic carbocycles. The second-order valence-electron chi connectivity index (χ2n) is 7.86. The molecule has 2 amide bonds. The zero-order valence-corrected chi connectivity index (χ0v) is 16.9. The molecule has 3 aromatic rings. The summed E-state index contributed by atoms with van der Waals surface area (Å²) in [6, 6.07) is 21.4. The normalized spacial score (nSPS) is 17.3. The Balaban J connectivity index is 1.47. The molecule has 1 saturated heterocycles. The maximum Gasteiger partial charge on any atom is 0.254 e. The van der Waals surface area contributed by atoms with Crippen molar-refractivity contribution >= 4 is 22.6 Å². The Morgan fingerprint density at radius 1 is 1.00 bits per heavy atom. The molecule has 0 saturated carbocycles. The molecule has 0 unspecified atom stereocenters. The molecule has 1 aliphatic rings. The molecular weight excluding hydrogens is 360 g/mol. The fourth-order valence-electron chi connectivity index (χ4n) is 4.01. The molecule has 1 fully saturated rings. The number of amides is 2. The molecule has 1 heterocycles. The van der Waals surface area contributed by atoms with Crippen LogP contribution < -0.4 is 5.32 Å². The molecule has 0 aromatic heterocycles. The van der Waals surface area contributed by atoms with Crippen molar-refractivity contribution in [2.75, 3.05) is 6.54 Å². The highest BCUT2D eigenvalue weighted by Crippen LogP contribution is 2.24. The fourth-order valence-corrected chi connectivity index (χ4v) is 4.01. The van der Waals surface area contributed by atoms with E-state index < -0.39 is 6.04 Å². The summed E-state index contributed by atoms with van der Waals surface area (Å²) in [7, 11) is 0. The van der Waals surface area contributed by atoms with Crippen LogP contribution in [0.2, 0.25) is 0 Å². The number of nitrogens with zero attached hydrogens (tertiary/aromatic N) is 1. The number of rotatable bonds is 4. The Labute approximate surface area is 171 Å². The molecule has 29 heavy (non-hydrogen) atoms. The summed E-state index contributed by atoms with van der Waals surface area (Å²) >= 11 is 0. The third kappa shape index (κ3) is 4.02. The van der Waals surface area contributed by atoms with Crippen LogP contribution in [-0.4, -0.2) is 29.3 Å². The Hall–Kier alpha value is -3.14. The third-order valence-corrected chi connectivity index (χ3v) is 5.75. The van der Waals surface area contributed by atoms with E-state index in [4.69, 9.17) is 0 Å². The molecule has 1 N–H and O–H groups in total. The van der Waals surface area contributed by atoms with Gasteiger partial charge in [-0.1, -0.05) is 54.1 Å². The highest BCUT2D eigenvalue weighted by atomic mass is 16.2. The van der Waals surface area contributed by atoms with Gasteiger partial charge in [-0.25, -0.2) is 0 Å². The van der Waals surface area contributed by atoms with E-state index in [1.807, 2.05) is 50.2 Å². The van der Waals surface area contributed by atoms with Crippen LogP contribution in [0.25, 0.3) is 10.8 Å². The van der Waals surface area contributed by atoms with Gasteiger partial charge in [-0.05, 0) is 61.2 Å². The van der Waals surface area contributed by atoms with Crippen molar-refractivity contribution in [1.82, 2.24) is 10.2 Å². The number of fused-ring (bicyclic) bond motifs is 1. The number of benzene rings is 3. The van der Waals surface area contributed by atoms with Crippen molar-refractivity contribution in [3.05, 3.63) is 83.4 Å². The number of hydrogen-bond acceptors (Lipinski definition) is 2. The van der Waals surface area contributed by atoms with Crippen LogP contribution in [0.4, 0.5) is 0 Å². The average molecular weight is 386 g/mol. The quantitative estimate of drug-likeness (QED) is 0.711. The molecule has 2 atom stereocenters. The molecule has 3 aromatic carbocycles. The molecule has 4 nitrogen and oxygen atoms in total. The molecule has 1 aliphatic heterocycles. The van der Waals surface area contributed by atoms with Gasteiger partial charge in [-0.15, -0.1) is 0 Å². The van der Waals surface area contributed by atoms with Gasteiger partial charge in [0.05, 0.1) is 6.04 Å². The first-order chi connectivity index (χ1) is 14.0. The van der Waals surface area contributed by atoms with Crippen LogP contribution in [0.1, 0.15) is 47.3 Å². The van der Waals surface area contributed by atoms with Crippen LogP contribution >= 0.6 is 0 Å². The van der Waals surface area contributed by atoms with Crippen molar-refractivity contribution in [3.63, 3.8) is 0 Å². The lowest BCUT2D eigenvalue weighted by Gasteiger charge is -2.26. The Morgan fingerprint density at radius 3 is 2.48 bits per heavy atom. The number of carbonyl (C=O) groups excluding carboxylic acids is 2. The second kappa shape index (κ2) is 8.08. The second-order valence-corrected chi connectivity index (χ2v) is 7.86. The van der Waals surface area contributed by atoms with E-state index in [2.05, 4.69) is 35.6 Å². The van der Waals surface area contributed by atoms with Crippen molar-refractivity contribution in [3.8, 4) is 0 Å². The van der Waals surface area contributed by atoms with Gasteiger partial charge < -0.3 is 10.2 Å². The van der Waals surface area contributed by atoms with E-state index in [0.29, 0.717) is 18.5 Å². The summed E-state index contributed by atoms with van der Waals surface area (Å²) < 4.78 is 0. The minimum absolute atomic E-state index is 0.0685. The highest BCUT2D eigenvalue weighted by Gasteiger charge is 2.35. The lowest BCUT2D eigenvalue weighted by molar-refractivity contribution is -0.125. The number of likely N-dealkylation sites (tertiary alicyclic amines) is 1. The molecule has 4 heteroatoms. The van der Waals surface area contributed by atoms with E-state index in [1.165, 1.54) is 5.39 Å². The highest BCUT2D eigenvalue weighted by molar-refractivity contribution is 5.98. The first-order valence-electron chi connectivity index (χ1n) is 10.2. The summed E-state index contributed by atoms with van der Waals surface area (Å²) in [5.41, 5.74) is 2.81. The Kier molecular flexibility index (Phi) is 5.34. The molecule has 4 rings (SSSR count). The number of nitrogens with one attached hydrogen (secondary N) is 1. The monoisotopic (exact) mass is 386 g/mol. The minimum atomic E-state index is -0.410. The number of aryl methyl sites for hydroxylation is 1. The summed E-state index contributed by atoms with van der Waals surface area (Å²) in [6.45, 7) is 4.60. The lowest BCUT2D eigenvalue weighted by atomic mass is 10.0. The van der Waals surface area contributed by atoms with Crippen molar-refractivity contribution in [2.45, 2.75) is 38.8 Å². The van der Waals surface area contributed by atoms with Gasteiger partial charge in [0.15, 0.2) is 0 Å². The molecule has 0 radical (unpaired) electrons. The summed E-state index contributed by atoms with van der Waals surface area (Å²) in [5, 5.41) is 5.45. The fraction of sp³-hybridized carbons (Fsp3) is 0.280. The van der Waals surface area contributed by atoms with Crippen molar-refractivity contribution in [1.29, 1.82) is 0 Å². The summed E-state index contributed by atoms with van der Waals surface area (Å²) in [6.07, 6.45) is 1.55. The van der Waals surface area contributed by atoms with E-state index in [-0.39, 0.29) is 17.9 Å². The predicted molar refractivity (Wildman–Crippen MR) is 116 cm³/mol. The average Bonchev–Trinajstić information content (AvgIpc) is 3.23. The zero-order chi connectivity index (χ0) is 20.4. The van der Waals surface area contributed by atoms with Gasteiger partial charge in [0.1, 0.15) is 6.04 Å². The van der Waals surface area contributed by atoms with Crippen LogP contribution in [0.15, 0.2) is 66.7 Å². The van der Waals surface area contributed by atoms with Gasteiger partial charge in [0.2, 0.25) is 5.91 Å².